The van der Waals surface area contributed by atoms with Gasteiger partial charge in [0, 0.05) is 4.47 Å². The number of nitrogens with zero attached hydrogens (tertiary/aromatic N) is 2. The number of aryl methyl sites for hydroxylation is 1. The van der Waals surface area contributed by atoms with Gasteiger partial charge in [-0.1, -0.05) is 0 Å². The molecular weight excluding hydrogens is 343 g/mol. The van der Waals surface area contributed by atoms with E-state index in [1.165, 1.54) is 13.0 Å². The predicted octanol–water partition coefficient (Wildman–Crippen LogP) is 1.88. The number of benzene rings is 1. The molecule has 6 N–H and O–H groups in total. The van der Waals surface area contributed by atoms with Crippen LogP contribution in [-0.2, 0) is 0 Å². The summed E-state index contributed by atoms with van der Waals surface area (Å²) in [6, 6.07) is 2.28. The van der Waals surface area contributed by atoms with Crippen molar-refractivity contribution >= 4 is 33.5 Å². The molecule has 0 aliphatic carbocycles. The molecule has 0 bridgehead atoms. The fraction of sp³-hybridized carbons (Fsp3) is 0.200. The first-order valence-electron chi connectivity index (χ1n) is 5.08. The van der Waals surface area contributed by atoms with Gasteiger partial charge in [0.05, 0.1) is 5.69 Å². The predicted molar refractivity (Wildman–Crippen MR) is 72.7 cm³/mol. The Morgan fingerprint density at radius 3 is 2.30 bits per heavy atom. The van der Waals surface area contributed by atoms with Crippen LogP contribution in [-0.4, -0.2) is 18.3 Å². The Morgan fingerprint density at radius 1 is 1.25 bits per heavy atom. The normalized spacial score (nSPS) is 12.2. The Hall–Kier alpha value is -1.97. The first-order valence-corrected chi connectivity index (χ1v) is 5.87. The van der Waals surface area contributed by atoms with E-state index < -0.39 is 6.36 Å². The number of nitrogens with two attached hydrogens (primary N) is 3. The Kier molecular flexibility index (Phi) is 4.82. The van der Waals surface area contributed by atoms with Crippen molar-refractivity contribution in [3.8, 4) is 5.75 Å². The van der Waals surface area contributed by atoms with Crippen LogP contribution in [0.4, 0.5) is 18.9 Å². The summed E-state index contributed by atoms with van der Waals surface area (Å²) in [5, 5.41) is 0. The highest BCUT2D eigenvalue weighted by Crippen LogP contribution is 2.35. The molecule has 0 radical (unpaired) electrons. The molecule has 20 heavy (non-hydrogen) atoms. The molecule has 10 heteroatoms. The zero-order valence-corrected chi connectivity index (χ0v) is 11.8. The summed E-state index contributed by atoms with van der Waals surface area (Å²) in [5.74, 6) is -0.878. The van der Waals surface area contributed by atoms with Crippen LogP contribution in [0.1, 0.15) is 5.56 Å². The van der Waals surface area contributed by atoms with E-state index >= 15 is 0 Å². The van der Waals surface area contributed by atoms with Gasteiger partial charge in [0.2, 0.25) is 5.96 Å². The summed E-state index contributed by atoms with van der Waals surface area (Å²) in [6.07, 6.45) is -4.77. The summed E-state index contributed by atoms with van der Waals surface area (Å²) in [7, 11) is 0. The molecule has 0 saturated carbocycles. The van der Waals surface area contributed by atoms with Crippen LogP contribution in [0, 0.1) is 6.92 Å². The lowest BCUT2D eigenvalue weighted by Gasteiger charge is -2.11. The number of hydrogen-bond acceptors (Lipinski definition) is 2. The highest BCUT2D eigenvalue weighted by atomic mass is 79.9. The van der Waals surface area contributed by atoms with E-state index in [2.05, 4.69) is 30.7 Å². The van der Waals surface area contributed by atoms with Gasteiger partial charge in [-0.2, -0.15) is 4.99 Å². The Morgan fingerprint density at radius 2 is 1.85 bits per heavy atom. The summed E-state index contributed by atoms with van der Waals surface area (Å²) < 4.78 is 40.5. The van der Waals surface area contributed by atoms with E-state index in [-0.39, 0.29) is 22.1 Å². The fourth-order valence-corrected chi connectivity index (χ4v) is 1.94. The van der Waals surface area contributed by atoms with E-state index in [4.69, 9.17) is 17.2 Å². The van der Waals surface area contributed by atoms with E-state index in [1.807, 2.05) is 0 Å². The van der Waals surface area contributed by atoms with Crippen molar-refractivity contribution in [3.63, 3.8) is 0 Å². The number of guanidine groups is 2. The van der Waals surface area contributed by atoms with Gasteiger partial charge >= 0.3 is 6.36 Å². The number of halogens is 4. The second kappa shape index (κ2) is 5.99. The molecule has 110 valence electrons. The van der Waals surface area contributed by atoms with Crippen molar-refractivity contribution in [2.24, 2.45) is 27.2 Å². The topological polar surface area (TPSA) is 112 Å². The van der Waals surface area contributed by atoms with Crippen molar-refractivity contribution in [2.45, 2.75) is 13.3 Å². The van der Waals surface area contributed by atoms with Crippen LogP contribution in [0.3, 0.4) is 0 Å². The van der Waals surface area contributed by atoms with Crippen LogP contribution >= 0.6 is 15.9 Å². The molecule has 0 fully saturated rings. The number of hydrogen-bond donors (Lipinski definition) is 3. The molecule has 1 rings (SSSR count). The Balaban J connectivity index is 3.16. The third-order valence-corrected chi connectivity index (χ3v) is 2.54. The Labute approximate surface area is 120 Å². The van der Waals surface area contributed by atoms with Gasteiger partial charge in [-0.3, -0.25) is 0 Å². The maximum absolute atomic E-state index is 12.1. The Bertz CT molecular complexity index is 543. The van der Waals surface area contributed by atoms with Gasteiger partial charge in [0.15, 0.2) is 5.96 Å². The van der Waals surface area contributed by atoms with Gasteiger partial charge in [-0.15, -0.1) is 13.2 Å². The maximum atomic E-state index is 12.1. The lowest BCUT2D eigenvalue weighted by Crippen LogP contribution is -2.26. The monoisotopic (exact) mass is 353 g/mol. The van der Waals surface area contributed by atoms with E-state index in [0.29, 0.717) is 11.3 Å². The third-order valence-electron chi connectivity index (χ3n) is 1.93. The number of rotatable bonds is 2. The zero-order chi connectivity index (χ0) is 15.5. The molecule has 0 heterocycles. The zero-order valence-electron chi connectivity index (χ0n) is 10.2. The average Bonchev–Trinajstić information content (AvgIpc) is 2.19. The minimum Gasteiger partial charge on any atom is -0.406 e. The van der Waals surface area contributed by atoms with Crippen LogP contribution in [0.2, 0.25) is 0 Å². The summed E-state index contributed by atoms with van der Waals surface area (Å²) in [6.45, 7) is 1.54. The SMILES string of the molecule is Cc1cc(OC(F)(F)F)cc(Br)c1N=C(N)N=C(N)N. The summed E-state index contributed by atoms with van der Waals surface area (Å²) in [5.41, 5.74) is 16.4. The lowest BCUT2D eigenvalue weighted by molar-refractivity contribution is -0.274. The largest absolute Gasteiger partial charge is 0.573 e. The summed E-state index contributed by atoms with van der Waals surface area (Å²) in [4.78, 5) is 7.40. The van der Waals surface area contributed by atoms with Gasteiger partial charge in [-0.25, -0.2) is 4.99 Å². The molecule has 0 aromatic heterocycles. The smallest absolute Gasteiger partial charge is 0.406 e. The first kappa shape index (κ1) is 16.1. The van der Waals surface area contributed by atoms with Gasteiger partial charge in [0.1, 0.15) is 5.75 Å². The summed E-state index contributed by atoms with van der Waals surface area (Å²) >= 11 is 3.08. The van der Waals surface area contributed by atoms with Gasteiger partial charge in [0.25, 0.3) is 0 Å². The van der Waals surface area contributed by atoms with Gasteiger partial charge in [-0.05, 0) is 40.5 Å². The van der Waals surface area contributed by atoms with Crippen molar-refractivity contribution in [2.75, 3.05) is 0 Å². The van der Waals surface area contributed by atoms with Crippen LogP contribution in [0.25, 0.3) is 0 Å². The van der Waals surface area contributed by atoms with E-state index in [0.717, 1.165) is 6.07 Å². The maximum Gasteiger partial charge on any atom is 0.573 e. The minimum atomic E-state index is -4.77. The molecule has 0 unspecified atom stereocenters. The van der Waals surface area contributed by atoms with E-state index in [1.54, 1.807) is 0 Å². The second-order valence-electron chi connectivity index (χ2n) is 3.63. The minimum absolute atomic E-state index is 0.224. The molecule has 0 aliphatic heterocycles. The number of aliphatic imine (C=N–C) groups is 2. The molecule has 1 aromatic rings. The van der Waals surface area contributed by atoms with Crippen molar-refractivity contribution < 1.29 is 17.9 Å². The molecule has 0 atom stereocenters. The highest BCUT2D eigenvalue weighted by molar-refractivity contribution is 9.10. The molecule has 0 spiro atoms. The second-order valence-corrected chi connectivity index (χ2v) is 4.48. The molecule has 0 aliphatic rings. The van der Waals surface area contributed by atoms with Crippen molar-refractivity contribution in [1.29, 1.82) is 0 Å². The van der Waals surface area contributed by atoms with E-state index in [9.17, 15) is 13.2 Å². The number of alkyl halides is 3. The van der Waals surface area contributed by atoms with Crippen molar-refractivity contribution in [1.82, 2.24) is 0 Å². The molecule has 6 nitrogen and oxygen atoms in total. The third kappa shape index (κ3) is 4.96. The van der Waals surface area contributed by atoms with Crippen LogP contribution in [0.5, 0.6) is 5.75 Å². The molecule has 0 amide bonds. The lowest BCUT2D eigenvalue weighted by atomic mass is 10.2. The van der Waals surface area contributed by atoms with Crippen LogP contribution < -0.4 is 21.9 Å². The van der Waals surface area contributed by atoms with Gasteiger partial charge < -0.3 is 21.9 Å². The number of ether oxygens (including phenoxy) is 1. The first-order chi connectivity index (χ1) is 9.08. The fourth-order valence-electron chi connectivity index (χ4n) is 1.31. The molecule has 0 saturated heterocycles. The molecular formula is C10H11BrF3N5O. The average molecular weight is 354 g/mol. The quantitative estimate of drug-likeness (QED) is 0.556. The highest BCUT2D eigenvalue weighted by Gasteiger charge is 2.31. The molecule has 1 aromatic carbocycles. The van der Waals surface area contributed by atoms with Crippen molar-refractivity contribution in [3.05, 3.63) is 22.2 Å². The standard InChI is InChI=1S/C10H11BrF3N5O/c1-4-2-5(20-10(12,13)14)3-6(11)7(4)18-9(17)19-8(15)16/h2-3H,1H3,(H6,15,16,17,18,19). The van der Waals surface area contributed by atoms with Crippen LogP contribution in [0.15, 0.2) is 26.6 Å².